The molecule has 100 valence electrons. The zero-order chi connectivity index (χ0) is 13.7. The van der Waals surface area contributed by atoms with Crippen molar-refractivity contribution in [3.05, 3.63) is 35.1 Å². The molecule has 1 aliphatic heterocycles. The molecular weight excluding hydrogens is 263 g/mol. The molecule has 2 rings (SSSR count). The van der Waals surface area contributed by atoms with Crippen LogP contribution in [0.4, 0.5) is 4.39 Å². The van der Waals surface area contributed by atoms with Crippen LogP contribution in [0.15, 0.2) is 18.2 Å². The largest absolute Gasteiger partial charge is 0.348 e. The summed E-state index contributed by atoms with van der Waals surface area (Å²) in [5.41, 5.74) is 6.09. The van der Waals surface area contributed by atoms with E-state index in [1.807, 2.05) is 11.8 Å². The fraction of sp³-hybridized carbons (Fsp3) is 0.357. The quantitative estimate of drug-likeness (QED) is 0.803. The van der Waals surface area contributed by atoms with Crippen LogP contribution in [0.2, 0.25) is 0 Å². The Kier molecular flexibility index (Phi) is 4.83. The number of carbonyl (C=O) groups is 1. The van der Waals surface area contributed by atoms with Gasteiger partial charge in [0.15, 0.2) is 0 Å². The Hall–Kier alpha value is -1.51. The Labute approximate surface area is 116 Å². The van der Waals surface area contributed by atoms with Crippen molar-refractivity contribution in [1.29, 1.82) is 0 Å². The minimum atomic E-state index is -0.408. The molecule has 1 aromatic rings. The highest BCUT2D eigenvalue weighted by Gasteiger charge is 2.19. The smallest absolute Gasteiger partial charge is 0.252 e. The number of nitrogens with one attached hydrogen (secondary N) is 1. The molecule has 0 spiro atoms. The highest BCUT2D eigenvalue weighted by atomic mass is 32.2. The van der Waals surface area contributed by atoms with E-state index in [2.05, 4.69) is 17.2 Å². The monoisotopic (exact) mass is 278 g/mol. The predicted molar refractivity (Wildman–Crippen MR) is 75.5 cm³/mol. The third-order valence-electron chi connectivity index (χ3n) is 2.82. The van der Waals surface area contributed by atoms with Gasteiger partial charge in [0.1, 0.15) is 5.82 Å². The van der Waals surface area contributed by atoms with Gasteiger partial charge in [0.2, 0.25) is 0 Å². The van der Waals surface area contributed by atoms with E-state index in [1.165, 1.54) is 18.2 Å². The molecule has 19 heavy (non-hydrogen) atoms. The van der Waals surface area contributed by atoms with E-state index < -0.39 is 5.82 Å². The molecule has 0 aromatic heterocycles. The van der Waals surface area contributed by atoms with E-state index in [0.717, 1.165) is 17.9 Å². The van der Waals surface area contributed by atoms with Crippen LogP contribution < -0.4 is 11.1 Å². The van der Waals surface area contributed by atoms with E-state index in [-0.39, 0.29) is 18.5 Å². The number of nitrogens with two attached hydrogens (primary N) is 1. The van der Waals surface area contributed by atoms with Gasteiger partial charge in [0.05, 0.1) is 12.1 Å². The number of thioether (sulfide) groups is 1. The minimum absolute atomic E-state index is 0.177. The van der Waals surface area contributed by atoms with Crippen LogP contribution in [0.5, 0.6) is 0 Å². The highest BCUT2D eigenvalue weighted by Crippen LogP contribution is 2.18. The maximum atomic E-state index is 13.2. The molecule has 1 heterocycles. The van der Waals surface area contributed by atoms with E-state index in [1.54, 1.807) is 0 Å². The molecule has 5 heteroatoms. The van der Waals surface area contributed by atoms with Gasteiger partial charge in [-0.25, -0.2) is 4.39 Å². The van der Waals surface area contributed by atoms with Crippen LogP contribution in [0.1, 0.15) is 22.3 Å². The molecule has 0 saturated carbocycles. The second kappa shape index (κ2) is 6.60. The molecule has 1 amide bonds. The Morgan fingerprint density at radius 3 is 3.11 bits per heavy atom. The maximum absolute atomic E-state index is 13.2. The summed E-state index contributed by atoms with van der Waals surface area (Å²) < 4.78 is 13.2. The topological polar surface area (TPSA) is 55.1 Å². The number of halogens is 1. The van der Waals surface area contributed by atoms with E-state index in [4.69, 9.17) is 5.73 Å². The van der Waals surface area contributed by atoms with Gasteiger partial charge in [-0.1, -0.05) is 11.8 Å². The number of carbonyl (C=O) groups excluding carboxylic acids is 1. The lowest BCUT2D eigenvalue weighted by atomic mass is 10.1. The Bertz CT molecular complexity index is 530. The zero-order valence-corrected chi connectivity index (χ0v) is 11.2. The molecule has 1 fully saturated rings. The van der Waals surface area contributed by atoms with Crippen LogP contribution in [-0.2, 0) is 0 Å². The summed E-state index contributed by atoms with van der Waals surface area (Å²) in [5, 5.41) is 2.95. The number of amides is 1. The van der Waals surface area contributed by atoms with Gasteiger partial charge in [-0.05, 0) is 30.4 Å². The Morgan fingerprint density at radius 2 is 2.42 bits per heavy atom. The van der Waals surface area contributed by atoms with Crippen LogP contribution in [0.3, 0.4) is 0 Å². The first-order chi connectivity index (χ1) is 9.20. The maximum Gasteiger partial charge on any atom is 0.252 e. The summed E-state index contributed by atoms with van der Waals surface area (Å²) in [6.45, 7) is 0.177. The summed E-state index contributed by atoms with van der Waals surface area (Å²) in [6, 6.07) is 4.19. The first kappa shape index (κ1) is 13.9. The van der Waals surface area contributed by atoms with Crippen molar-refractivity contribution in [2.24, 2.45) is 5.73 Å². The molecule has 3 N–H and O–H groups in total. The van der Waals surface area contributed by atoms with Crippen molar-refractivity contribution in [1.82, 2.24) is 5.32 Å². The first-order valence-corrected chi connectivity index (χ1v) is 7.23. The fourth-order valence-electron chi connectivity index (χ4n) is 1.88. The van der Waals surface area contributed by atoms with Gasteiger partial charge in [-0.2, -0.15) is 11.8 Å². The van der Waals surface area contributed by atoms with E-state index in [9.17, 15) is 9.18 Å². The van der Waals surface area contributed by atoms with Gasteiger partial charge >= 0.3 is 0 Å². The molecule has 0 radical (unpaired) electrons. The van der Waals surface area contributed by atoms with Crippen LogP contribution in [-0.4, -0.2) is 30.0 Å². The molecule has 1 saturated heterocycles. The van der Waals surface area contributed by atoms with Crippen LogP contribution in [0, 0.1) is 17.7 Å². The first-order valence-electron chi connectivity index (χ1n) is 6.08. The molecule has 3 nitrogen and oxygen atoms in total. The number of hydrogen-bond donors (Lipinski definition) is 2. The fourth-order valence-corrected chi connectivity index (χ4v) is 3.03. The molecule has 1 aromatic carbocycles. The summed E-state index contributed by atoms with van der Waals surface area (Å²) in [4.78, 5) is 12.2. The summed E-state index contributed by atoms with van der Waals surface area (Å²) in [6.07, 6.45) is 0.974. The molecule has 1 atom stereocenters. The third-order valence-corrected chi connectivity index (χ3v) is 3.98. The van der Waals surface area contributed by atoms with E-state index >= 15 is 0 Å². The van der Waals surface area contributed by atoms with Crippen molar-refractivity contribution < 1.29 is 9.18 Å². The summed E-state index contributed by atoms with van der Waals surface area (Å²) in [7, 11) is 0. The van der Waals surface area contributed by atoms with Gasteiger partial charge in [0, 0.05) is 17.4 Å². The zero-order valence-electron chi connectivity index (χ0n) is 10.4. The lowest BCUT2D eigenvalue weighted by Gasteiger charge is -2.12. The SMILES string of the molecule is NCC#Cc1cc(F)ccc1C(=O)NC1CCSC1. The Morgan fingerprint density at radius 1 is 1.58 bits per heavy atom. The second-order valence-electron chi connectivity index (χ2n) is 4.23. The molecule has 1 unspecified atom stereocenters. The van der Waals surface area contributed by atoms with Crippen molar-refractivity contribution >= 4 is 17.7 Å². The Balaban J connectivity index is 2.19. The van der Waals surface area contributed by atoms with Crippen LogP contribution >= 0.6 is 11.8 Å². The number of rotatable bonds is 2. The summed E-state index contributed by atoms with van der Waals surface area (Å²) in [5.74, 6) is 6.77. The molecule has 1 aliphatic rings. The van der Waals surface area contributed by atoms with Gasteiger partial charge in [-0.15, -0.1) is 0 Å². The van der Waals surface area contributed by atoms with Gasteiger partial charge in [-0.3, -0.25) is 4.79 Å². The van der Waals surface area contributed by atoms with Crippen molar-refractivity contribution in [2.45, 2.75) is 12.5 Å². The van der Waals surface area contributed by atoms with E-state index in [0.29, 0.717) is 11.1 Å². The standard InChI is InChI=1S/C14H15FN2OS/c15-11-3-4-13(10(8-11)2-1-6-16)14(18)17-12-5-7-19-9-12/h3-4,8,12H,5-7,9,16H2,(H,17,18). The number of hydrogen-bond acceptors (Lipinski definition) is 3. The number of benzene rings is 1. The third kappa shape index (κ3) is 3.72. The predicted octanol–water partition coefficient (Wildman–Crippen LogP) is 1.37. The van der Waals surface area contributed by atoms with Crippen molar-refractivity contribution in [3.8, 4) is 11.8 Å². The molecular formula is C14H15FN2OS. The minimum Gasteiger partial charge on any atom is -0.348 e. The molecule has 0 bridgehead atoms. The summed E-state index contributed by atoms with van der Waals surface area (Å²) >= 11 is 1.82. The van der Waals surface area contributed by atoms with Gasteiger partial charge < -0.3 is 11.1 Å². The van der Waals surface area contributed by atoms with Crippen molar-refractivity contribution in [2.75, 3.05) is 18.1 Å². The highest BCUT2D eigenvalue weighted by molar-refractivity contribution is 7.99. The van der Waals surface area contributed by atoms with Gasteiger partial charge in [0.25, 0.3) is 5.91 Å². The molecule has 0 aliphatic carbocycles. The average Bonchev–Trinajstić information content (AvgIpc) is 2.89. The normalized spacial score (nSPS) is 17.7. The average molecular weight is 278 g/mol. The lowest BCUT2D eigenvalue weighted by Crippen LogP contribution is -2.35. The lowest BCUT2D eigenvalue weighted by molar-refractivity contribution is 0.0941. The van der Waals surface area contributed by atoms with Crippen molar-refractivity contribution in [3.63, 3.8) is 0 Å². The second-order valence-corrected chi connectivity index (χ2v) is 5.38. The van der Waals surface area contributed by atoms with Crippen LogP contribution in [0.25, 0.3) is 0 Å².